The van der Waals surface area contributed by atoms with E-state index >= 15 is 0 Å². The van der Waals surface area contributed by atoms with Crippen LogP contribution in [0.5, 0.6) is 0 Å². The maximum atomic E-state index is 14.1. The van der Waals surface area contributed by atoms with Crippen LogP contribution in [-0.2, 0) is 6.54 Å². The quantitative estimate of drug-likeness (QED) is 0.892. The molecule has 2 aromatic carbocycles. The lowest BCUT2D eigenvalue weighted by Gasteiger charge is -2.24. The zero-order valence-corrected chi connectivity index (χ0v) is 10.4. The Morgan fingerprint density at radius 1 is 1.11 bits per heavy atom. The van der Waals surface area contributed by atoms with Crippen LogP contribution in [0.25, 0.3) is 0 Å². The standard InChI is InChI=1S/C15H17FN2/c1-2-18(13-6-4-3-5-7-13)15-9-8-12(11-17)10-14(15)16/h3-10H,2,11,17H2,1H3. The van der Waals surface area contributed by atoms with Crippen molar-refractivity contribution in [1.29, 1.82) is 0 Å². The average Bonchev–Trinajstić information content (AvgIpc) is 2.42. The fourth-order valence-electron chi connectivity index (χ4n) is 2.00. The summed E-state index contributed by atoms with van der Waals surface area (Å²) in [6, 6.07) is 14.9. The zero-order valence-electron chi connectivity index (χ0n) is 10.4. The third-order valence-electron chi connectivity index (χ3n) is 2.92. The molecule has 0 aliphatic carbocycles. The van der Waals surface area contributed by atoms with Crippen molar-refractivity contribution in [3.8, 4) is 0 Å². The molecule has 0 unspecified atom stereocenters. The summed E-state index contributed by atoms with van der Waals surface area (Å²) in [6.07, 6.45) is 0. The summed E-state index contributed by atoms with van der Waals surface area (Å²) in [5, 5.41) is 0. The predicted molar refractivity (Wildman–Crippen MR) is 73.4 cm³/mol. The Hall–Kier alpha value is -1.87. The Morgan fingerprint density at radius 3 is 2.39 bits per heavy atom. The van der Waals surface area contributed by atoms with Crippen LogP contribution < -0.4 is 10.6 Å². The monoisotopic (exact) mass is 244 g/mol. The van der Waals surface area contributed by atoms with Gasteiger partial charge in [0.15, 0.2) is 0 Å². The maximum absolute atomic E-state index is 14.1. The van der Waals surface area contributed by atoms with Gasteiger partial charge in [0.25, 0.3) is 0 Å². The van der Waals surface area contributed by atoms with E-state index in [0.29, 0.717) is 18.8 Å². The number of nitrogens with two attached hydrogens (primary N) is 1. The minimum Gasteiger partial charge on any atom is -0.339 e. The summed E-state index contributed by atoms with van der Waals surface area (Å²) in [4.78, 5) is 1.94. The van der Waals surface area contributed by atoms with Gasteiger partial charge in [-0.3, -0.25) is 0 Å². The number of benzene rings is 2. The van der Waals surface area contributed by atoms with Crippen LogP contribution in [0.1, 0.15) is 12.5 Å². The van der Waals surface area contributed by atoms with Crippen molar-refractivity contribution < 1.29 is 4.39 Å². The van der Waals surface area contributed by atoms with Crippen LogP contribution in [0, 0.1) is 5.82 Å². The molecule has 3 heteroatoms. The third kappa shape index (κ3) is 2.51. The second-order valence-corrected chi connectivity index (χ2v) is 4.07. The minimum absolute atomic E-state index is 0.233. The van der Waals surface area contributed by atoms with Crippen molar-refractivity contribution in [1.82, 2.24) is 0 Å². The van der Waals surface area contributed by atoms with Gasteiger partial charge in [-0.15, -0.1) is 0 Å². The topological polar surface area (TPSA) is 29.3 Å². The van der Waals surface area contributed by atoms with E-state index in [4.69, 9.17) is 5.73 Å². The van der Waals surface area contributed by atoms with Crippen LogP contribution in [0.15, 0.2) is 48.5 Å². The molecular formula is C15H17FN2. The van der Waals surface area contributed by atoms with Crippen LogP contribution >= 0.6 is 0 Å². The van der Waals surface area contributed by atoms with Crippen molar-refractivity contribution in [3.05, 3.63) is 59.9 Å². The Morgan fingerprint density at radius 2 is 1.83 bits per heavy atom. The predicted octanol–water partition coefficient (Wildman–Crippen LogP) is 3.44. The molecule has 0 aliphatic heterocycles. The van der Waals surface area contributed by atoms with Crippen LogP contribution in [-0.4, -0.2) is 6.54 Å². The lowest BCUT2D eigenvalue weighted by Crippen LogP contribution is -2.17. The second kappa shape index (κ2) is 5.65. The molecule has 2 N–H and O–H groups in total. The largest absolute Gasteiger partial charge is 0.339 e. The molecule has 94 valence electrons. The average molecular weight is 244 g/mol. The minimum atomic E-state index is -0.233. The molecular weight excluding hydrogens is 227 g/mol. The van der Waals surface area contributed by atoms with Crippen LogP contribution in [0.4, 0.5) is 15.8 Å². The number of hydrogen-bond donors (Lipinski definition) is 1. The molecule has 0 spiro atoms. The van der Waals surface area contributed by atoms with Gasteiger partial charge >= 0.3 is 0 Å². The van der Waals surface area contributed by atoms with E-state index < -0.39 is 0 Å². The van der Waals surface area contributed by atoms with Gasteiger partial charge < -0.3 is 10.6 Å². The number of anilines is 2. The summed E-state index contributed by atoms with van der Waals surface area (Å²) >= 11 is 0. The Kier molecular flexibility index (Phi) is 3.95. The molecule has 0 saturated carbocycles. The lowest BCUT2D eigenvalue weighted by molar-refractivity contribution is 0.623. The van der Waals surface area contributed by atoms with Gasteiger partial charge in [0, 0.05) is 18.8 Å². The summed E-state index contributed by atoms with van der Waals surface area (Å²) in [5.41, 5.74) is 7.88. The maximum Gasteiger partial charge on any atom is 0.147 e. The molecule has 2 aromatic rings. The van der Waals surface area contributed by atoms with Crippen LogP contribution in [0.3, 0.4) is 0 Å². The lowest BCUT2D eigenvalue weighted by atomic mass is 10.1. The highest BCUT2D eigenvalue weighted by Crippen LogP contribution is 2.27. The third-order valence-corrected chi connectivity index (χ3v) is 2.92. The van der Waals surface area contributed by atoms with E-state index in [0.717, 1.165) is 11.3 Å². The molecule has 0 aromatic heterocycles. The first kappa shape index (κ1) is 12.6. The zero-order chi connectivity index (χ0) is 13.0. The first-order valence-corrected chi connectivity index (χ1v) is 6.07. The van der Waals surface area contributed by atoms with Gasteiger partial charge in [-0.2, -0.15) is 0 Å². The van der Waals surface area contributed by atoms with E-state index in [9.17, 15) is 4.39 Å². The molecule has 0 amide bonds. The molecule has 18 heavy (non-hydrogen) atoms. The van der Waals surface area contributed by atoms with Gasteiger partial charge in [-0.05, 0) is 36.8 Å². The highest BCUT2D eigenvalue weighted by molar-refractivity contribution is 5.63. The first-order chi connectivity index (χ1) is 8.76. The highest BCUT2D eigenvalue weighted by atomic mass is 19.1. The number of nitrogens with zero attached hydrogens (tertiary/aromatic N) is 1. The fraction of sp³-hybridized carbons (Fsp3) is 0.200. The van der Waals surface area contributed by atoms with E-state index in [1.165, 1.54) is 6.07 Å². The van der Waals surface area contributed by atoms with Gasteiger partial charge in [0.2, 0.25) is 0 Å². The molecule has 2 nitrogen and oxygen atoms in total. The van der Waals surface area contributed by atoms with E-state index in [-0.39, 0.29) is 5.82 Å². The van der Waals surface area contributed by atoms with Gasteiger partial charge in [-0.1, -0.05) is 24.3 Å². The van der Waals surface area contributed by atoms with E-state index in [2.05, 4.69) is 0 Å². The Labute approximate surface area is 107 Å². The molecule has 2 rings (SSSR count). The van der Waals surface area contributed by atoms with Gasteiger partial charge in [0.05, 0.1) is 5.69 Å². The van der Waals surface area contributed by atoms with Gasteiger partial charge in [-0.25, -0.2) is 4.39 Å². The number of para-hydroxylation sites is 1. The molecule has 0 atom stereocenters. The summed E-state index contributed by atoms with van der Waals surface area (Å²) < 4.78 is 14.1. The Bertz CT molecular complexity index is 511. The molecule has 0 aliphatic rings. The number of halogens is 1. The Balaban J connectivity index is 2.39. The van der Waals surface area contributed by atoms with Crippen LogP contribution in [0.2, 0.25) is 0 Å². The summed E-state index contributed by atoms with van der Waals surface area (Å²) in [7, 11) is 0. The summed E-state index contributed by atoms with van der Waals surface area (Å²) in [5.74, 6) is -0.233. The molecule has 0 bridgehead atoms. The smallest absolute Gasteiger partial charge is 0.147 e. The van der Waals surface area contributed by atoms with Crippen molar-refractivity contribution in [2.24, 2.45) is 5.73 Å². The van der Waals surface area contributed by atoms with Gasteiger partial charge in [0.1, 0.15) is 5.82 Å². The number of rotatable bonds is 4. The fourth-order valence-corrected chi connectivity index (χ4v) is 2.00. The normalized spacial score (nSPS) is 10.4. The summed E-state index contributed by atoms with van der Waals surface area (Å²) in [6.45, 7) is 3.07. The van der Waals surface area contributed by atoms with Crippen molar-refractivity contribution in [2.75, 3.05) is 11.4 Å². The highest BCUT2D eigenvalue weighted by Gasteiger charge is 2.11. The first-order valence-electron chi connectivity index (χ1n) is 6.07. The molecule has 0 fully saturated rings. The SMILES string of the molecule is CCN(c1ccccc1)c1ccc(CN)cc1F. The molecule has 0 heterocycles. The van der Waals surface area contributed by atoms with Crippen molar-refractivity contribution in [2.45, 2.75) is 13.5 Å². The van der Waals surface area contributed by atoms with Crippen molar-refractivity contribution >= 4 is 11.4 Å². The van der Waals surface area contributed by atoms with E-state index in [1.807, 2.05) is 48.2 Å². The van der Waals surface area contributed by atoms with Crippen molar-refractivity contribution in [3.63, 3.8) is 0 Å². The molecule has 0 radical (unpaired) electrons. The molecule has 0 saturated heterocycles. The number of hydrogen-bond acceptors (Lipinski definition) is 2. The second-order valence-electron chi connectivity index (χ2n) is 4.07. The van der Waals surface area contributed by atoms with E-state index in [1.54, 1.807) is 6.07 Å².